The Hall–Kier alpha value is -2.83. The third-order valence-electron chi connectivity index (χ3n) is 5.49. The van der Waals surface area contributed by atoms with Crippen LogP contribution in [0.2, 0.25) is 5.02 Å². The van der Waals surface area contributed by atoms with Crippen molar-refractivity contribution in [2.24, 2.45) is 5.92 Å². The van der Waals surface area contributed by atoms with Crippen molar-refractivity contribution >= 4 is 29.1 Å². The van der Waals surface area contributed by atoms with Gasteiger partial charge in [0.2, 0.25) is 0 Å². The zero-order valence-electron chi connectivity index (χ0n) is 19.4. The van der Waals surface area contributed by atoms with Gasteiger partial charge in [-0.2, -0.15) is 0 Å². The Morgan fingerprint density at radius 3 is 2.45 bits per heavy atom. The topological polar surface area (TPSA) is 76.1 Å². The largest absolute Gasteiger partial charge is 0.507 e. The molecule has 0 aliphatic carbocycles. The van der Waals surface area contributed by atoms with Crippen LogP contribution in [0.15, 0.2) is 48.0 Å². The molecular formula is C26H30ClNO5. The molecule has 1 aliphatic rings. The first-order valence-corrected chi connectivity index (χ1v) is 11.4. The molecule has 0 aromatic heterocycles. The van der Waals surface area contributed by atoms with Gasteiger partial charge in [0.1, 0.15) is 11.5 Å². The van der Waals surface area contributed by atoms with Crippen molar-refractivity contribution in [1.82, 2.24) is 4.90 Å². The molecule has 0 radical (unpaired) electrons. The van der Waals surface area contributed by atoms with Crippen LogP contribution >= 0.6 is 11.6 Å². The molecule has 1 fully saturated rings. The molecule has 1 saturated heterocycles. The van der Waals surface area contributed by atoms with E-state index in [1.165, 1.54) is 4.90 Å². The van der Waals surface area contributed by atoms with Crippen molar-refractivity contribution in [3.63, 3.8) is 0 Å². The van der Waals surface area contributed by atoms with Gasteiger partial charge < -0.3 is 19.5 Å². The highest BCUT2D eigenvalue weighted by molar-refractivity contribution is 6.46. The number of benzene rings is 2. The molecule has 1 N–H and O–H groups in total. The number of halogens is 1. The molecule has 1 heterocycles. The zero-order valence-corrected chi connectivity index (χ0v) is 20.2. The number of ether oxygens (including phenoxy) is 2. The molecule has 0 saturated carbocycles. The molecule has 1 aliphatic heterocycles. The van der Waals surface area contributed by atoms with Crippen molar-refractivity contribution in [3.8, 4) is 5.75 Å². The van der Waals surface area contributed by atoms with Crippen LogP contribution in [0.4, 0.5) is 0 Å². The van der Waals surface area contributed by atoms with Crippen LogP contribution in [-0.2, 0) is 14.3 Å². The number of nitrogens with zero attached hydrogens (tertiary/aromatic N) is 1. The Morgan fingerprint density at radius 2 is 1.85 bits per heavy atom. The SMILES string of the molecule is COCCCN1C(=O)C(=O)/C(=C(/O)c2ccc(OCC(C)C)c(C)c2)C1c1ccc(Cl)cc1. The Balaban J connectivity index is 2.04. The molecule has 0 bridgehead atoms. The molecule has 7 heteroatoms. The summed E-state index contributed by atoms with van der Waals surface area (Å²) in [6, 6.07) is 11.5. The summed E-state index contributed by atoms with van der Waals surface area (Å²) in [7, 11) is 1.58. The average molecular weight is 472 g/mol. The maximum absolute atomic E-state index is 13.1. The number of methoxy groups -OCH3 is 1. The summed E-state index contributed by atoms with van der Waals surface area (Å²) in [5.74, 6) is -0.453. The number of amides is 1. The smallest absolute Gasteiger partial charge is 0.295 e. The third-order valence-corrected chi connectivity index (χ3v) is 5.75. The van der Waals surface area contributed by atoms with E-state index in [1.54, 1.807) is 49.6 Å². The second-order valence-electron chi connectivity index (χ2n) is 8.58. The number of ketones is 1. The van der Waals surface area contributed by atoms with Crippen LogP contribution in [0, 0.1) is 12.8 Å². The molecule has 33 heavy (non-hydrogen) atoms. The molecule has 6 nitrogen and oxygen atoms in total. The lowest BCUT2D eigenvalue weighted by molar-refractivity contribution is -0.140. The van der Waals surface area contributed by atoms with Crippen molar-refractivity contribution in [2.45, 2.75) is 33.2 Å². The lowest BCUT2D eigenvalue weighted by Crippen LogP contribution is -2.31. The molecule has 1 amide bonds. The van der Waals surface area contributed by atoms with Gasteiger partial charge in [-0.25, -0.2) is 0 Å². The van der Waals surface area contributed by atoms with Gasteiger partial charge in [-0.05, 0) is 60.7 Å². The van der Waals surface area contributed by atoms with Crippen LogP contribution in [0.1, 0.15) is 43.0 Å². The Bertz CT molecular complexity index is 1050. The number of aryl methyl sites for hydroxylation is 1. The van der Waals surface area contributed by atoms with E-state index in [1.807, 2.05) is 6.92 Å². The van der Waals surface area contributed by atoms with Gasteiger partial charge in [0.25, 0.3) is 11.7 Å². The van der Waals surface area contributed by atoms with Gasteiger partial charge in [-0.3, -0.25) is 9.59 Å². The summed E-state index contributed by atoms with van der Waals surface area (Å²) in [6.45, 7) is 7.37. The van der Waals surface area contributed by atoms with E-state index in [0.717, 1.165) is 11.3 Å². The molecule has 0 spiro atoms. The van der Waals surface area contributed by atoms with Crippen LogP contribution in [0.3, 0.4) is 0 Å². The highest BCUT2D eigenvalue weighted by Crippen LogP contribution is 2.40. The first-order chi connectivity index (χ1) is 15.7. The highest BCUT2D eigenvalue weighted by Gasteiger charge is 2.45. The fraction of sp³-hybridized carbons (Fsp3) is 0.385. The van der Waals surface area contributed by atoms with Gasteiger partial charge in [-0.15, -0.1) is 0 Å². The van der Waals surface area contributed by atoms with E-state index in [4.69, 9.17) is 21.1 Å². The molecule has 3 rings (SSSR count). The van der Waals surface area contributed by atoms with E-state index >= 15 is 0 Å². The van der Waals surface area contributed by atoms with Crippen LogP contribution in [0.5, 0.6) is 5.75 Å². The standard InChI is InChI=1S/C26H30ClNO5/c1-16(2)15-33-21-11-8-19(14-17(21)3)24(29)22-23(18-6-9-20(27)10-7-18)28(12-5-13-32-4)26(31)25(22)30/h6-11,14,16,23,29H,5,12-13,15H2,1-4H3/b24-22+. The minimum Gasteiger partial charge on any atom is -0.507 e. The summed E-state index contributed by atoms with van der Waals surface area (Å²) in [5.41, 5.74) is 2.05. The van der Waals surface area contributed by atoms with Crippen molar-refractivity contribution in [3.05, 3.63) is 69.8 Å². The predicted octanol–water partition coefficient (Wildman–Crippen LogP) is 5.14. The minimum absolute atomic E-state index is 0.0648. The molecular weight excluding hydrogens is 442 g/mol. The Morgan fingerprint density at radius 1 is 1.15 bits per heavy atom. The molecule has 176 valence electrons. The van der Waals surface area contributed by atoms with Crippen LogP contribution in [0.25, 0.3) is 5.76 Å². The van der Waals surface area contributed by atoms with E-state index in [-0.39, 0.29) is 11.3 Å². The Labute approximate surface area is 199 Å². The van der Waals surface area contributed by atoms with Crippen molar-refractivity contribution in [2.75, 3.05) is 26.9 Å². The lowest BCUT2D eigenvalue weighted by atomic mass is 9.94. The second kappa shape index (κ2) is 10.9. The normalized spacial score (nSPS) is 17.8. The van der Waals surface area contributed by atoms with E-state index in [0.29, 0.717) is 48.2 Å². The molecule has 1 unspecified atom stereocenters. The number of carbonyl (C=O) groups is 2. The van der Waals surface area contributed by atoms with Gasteiger partial charge in [0, 0.05) is 30.8 Å². The molecule has 2 aromatic rings. The second-order valence-corrected chi connectivity index (χ2v) is 9.01. The minimum atomic E-state index is -0.712. The Kier molecular flexibility index (Phi) is 8.16. The summed E-state index contributed by atoms with van der Waals surface area (Å²) in [5, 5.41) is 11.8. The molecule has 1 atom stereocenters. The summed E-state index contributed by atoms with van der Waals surface area (Å²) in [6.07, 6.45) is 0.564. The first-order valence-electron chi connectivity index (χ1n) is 11.0. The van der Waals surface area contributed by atoms with E-state index < -0.39 is 17.7 Å². The number of hydrogen-bond donors (Lipinski definition) is 1. The monoisotopic (exact) mass is 471 g/mol. The number of rotatable bonds is 9. The summed E-state index contributed by atoms with van der Waals surface area (Å²) >= 11 is 6.05. The number of carbonyl (C=O) groups excluding carboxylic acids is 2. The van der Waals surface area contributed by atoms with Crippen LogP contribution in [-0.4, -0.2) is 48.6 Å². The van der Waals surface area contributed by atoms with Gasteiger partial charge in [0.05, 0.1) is 18.2 Å². The van der Waals surface area contributed by atoms with Gasteiger partial charge >= 0.3 is 0 Å². The summed E-state index contributed by atoms with van der Waals surface area (Å²) < 4.78 is 10.9. The number of likely N-dealkylation sites (tertiary alicyclic amines) is 1. The number of hydrogen-bond acceptors (Lipinski definition) is 5. The first kappa shape index (κ1) is 24.8. The van der Waals surface area contributed by atoms with E-state index in [2.05, 4.69) is 13.8 Å². The fourth-order valence-corrected chi connectivity index (χ4v) is 3.98. The maximum Gasteiger partial charge on any atom is 0.295 e. The fourth-order valence-electron chi connectivity index (χ4n) is 3.85. The maximum atomic E-state index is 13.1. The van der Waals surface area contributed by atoms with Crippen molar-refractivity contribution < 1.29 is 24.2 Å². The van der Waals surface area contributed by atoms with Gasteiger partial charge in [0.15, 0.2) is 0 Å². The number of aliphatic hydroxyl groups excluding tert-OH is 1. The van der Waals surface area contributed by atoms with Crippen molar-refractivity contribution in [1.29, 1.82) is 0 Å². The highest BCUT2D eigenvalue weighted by atomic mass is 35.5. The predicted molar refractivity (Wildman–Crippen MR) is 128 cm³/mol. The zero-order chi connectivity index (χ0) is 24.1. The molecule has 2 aromatic carbocycles. The quantitative estimate of drug-likeness (QED) is 0.237. The lowest BCUT2D eigenvalue weighted by Gasteiger charge is -2.25. The van der Waals surface area contributed by atoms with E-state index in [9.17, 15) is 14.7 Å². The summed E-state index contributed by atoms with van der Waals surface area (Å²) in [4.78, 5) is 27.5. The average Bonchev–Trinajstić information content (AvgIpc) is 3.03. The number of aliphatic hydroxyl groups is 1. The number of Topliss-reactive ketones (excluding diaryl/α,β-unsaturated/α-hetero) is 1. The van der Waals surface area contributed by atoms with Crippen LogP contribution < -0.4 is 4.74 Å². The third kappa shape index (κ3) is 5.57. The van der Waals surface area contributed by atoms with Gasteiger partial charge in [-0.1, -0.05) is 37.6 Å².